The van der Waals surface area contributed by atoms with E-state index in [4.69, 9.17) is 4.74 Å². The van der Waals surface area contributed by atoms with Crippen molar-refractivity contribution in [3.05, 3.63) is 12.0 Å². The number of rotatable bonds is 6. The van der Waals surface area contributed by atoms with Crippen LogP contribution in [0.5, 0.6) is 0 Å². The van der Waals surface area contributed by atoms with Gasteiger partial charge in [0.2, 0.25) is 6.41 Å². The first-order valence-electron chi connectivity index (χ1n) is 5.27. The topological polar surface area (TPSA) is 102 Å². The summed E-state index contributed by atoms with van der Waals surface area (Å²) in [5.41, 5.74) is 0.0950. The third-order valence-electron chi connectivity index (χ3n) is 2.08. The number of ether oxygens (including phenoxy) is 1. The highest BCUT2D eigenvalue weighted by molar-refractivity contribution is 5.99. The second kappa shape index (κ2) is 6.38. The van der Waals surface area contributed by atoms with Gasteiger partial charge in [-0.15, -0.1) is 0 Å². The highest BCUT2D eigenvalue weighted by atomic mass is 16.5. The molecule has 2 amide bonds. The van der Waals surface area contributed by atoms with Gasteiger partial charge in [0.1, 0.15) is 6.54 Å². The van der Waals surface area contributed by atoms with Crippen molar-refractivity contribution in [1.29, 1.82) is 0 Å². The molecule has 0 fully saturated rings. The fourth-order valence-corrected chi connectivity index (χ4v) is 1.37. The number of esters is 1. The van der Waals surface area contributed by atoms with E-state index < -0.39 is 11.9 Å². The standard InChI is InChI=1S/C10H14N4O4/c1-3-18-7(16)4-14-5-12-9(13-6-15)8(14)10(17)11-2/h5-6H,3-4H2,1-2H3,(H,11,17)(H,13,15). The van der Waals surface area contributed by atoms with E-state index in [-0.39, 0.29) is 24.7 Å². The van der Waals surface area contributed by atoms with Gasteiger partial charge < -0.3 is 19.9 Å². The molecule has 98 valence electrons. The van der Waals surface area contributed by atoms with Gasteiger partial charge in [-0.25, -0.2) is 4.98 Å². The zero-order chi connectivity index (χ0) is 13.5. The van der Waals surface area contributed by atoms with Gasteiger partial charge in [-0.05, 0) is 6.92 Å². The average molecular weight is 254 g/mol. The highest BCUT2D eigenvalue weighted by Gasteiger charge is 2.19. The predicted octanol–water partition coefficient (Wildman–Crippen LogP) is -0.626. The van der Waals surface area contributed by atoms with Gasteiger partial charge in [0.05, 0.1) is 12.9 Å². The number of hydrogen-bond acceptors (Lipinski definition) is 5. The average Bonchev–Trinajstić information content (AvgIpc) is 2.72. The smallest absolute Gasteiger partial charge is 0.326 e. The van der Waals surface area contributed by atoms with Crippen molar-refractivity contribution < 1.29 is 19.1 Å². The maximum atomic E-state index is 11.7. The number of carbonyl (C=O) groups is 3. The summed E-state index contributed by atoms with van der Waals surface area (Å²) in [5, 5.41) is 4.70. The number of amides is 2. The van der Waals surface area contributed by atoms with Crippen LogP contribution in [0.1, 0.15) is 17.4 Å². The summed E-state index contributed by atoms with van der Waals surface area (Å²) < 4.78 is 6.08. The van der Waals surface area contributed by atoms with Crippen LogP contribution in [0, 0.1) is 0 Å². The Morgan fingerprint density at radius 3 is 2.83 bits per heavy atom. The van der Waals surface area contributed by atoms with Crippen molar-refractivity contribution in [3.8, 4) is 0 Å². The molecule has 0 unspecified atom stereocenters. The molecule has 0 saturated heterocycles. The normalized spacial score (nSPS) is 9.67. The van der Waals surface area contributed by atoms with Gasteiger partial charge in [-0.2, -0.15) is 0 Å². The molecule has 0 aliphatic rings. The van der Waals surface area contributed by atoms with Crippen LogP contribution in [0.4, 0.5) is 5.82 Å². The lowest BCUT2D eigenvalue weighted by atomic mass is 10.4. The van der Waals surface area contributed by atoms with Crippen molar-refractivity contribution in [2.45, 2.75) is 13.5 Å². The summed E-state index contributed by atoms with van der Waals surface area (Å²) in [7, 11) is 1.44. The Hall–Kier alpha value is -2.38. The Balaban J connectivity index is 3.00. The molecule has 0 aromatic carbocycles. The molecule has 8 nitrogen and oxygen atoms in total. The highest BCUT2D eigenvalue weighted by Crippen LogP contribution is 2.12. The molecule has 1 aromatic heterocycles. The van der Waals surface area contributed by atoms with E-state index in [2.05, 4.69) is 15.6 Å². The first kappa shape index (κ1) is 13.7. The van der Waals surface area contributed by atoms with Crippen molar-refractivity contribution in [2.24, 2.45) is 0 Å². The molecule has 0 bridgehead atoms. The van der Waals surface area contributed by atoms with Gasteiger partial charge in [0, 0.05) is 7.05 Å². The molecule has 1 aromatic rings. The Morgan fingerprint density at radius 1 is 1.56 bits per heavy atom. The number of imidazole rings is 1. The first-order valence-corrected chi connectivity index (χ1v) is 5.27. The molecule has 2 N–H and O–H groups in total. The van der Waals surface area contributed by atoms with Gasteiger partial charge in [-0.1, -0.05) is 0 Å². The minimum Gasteiger partial charge on any atom is -0.465 e. The maximum absolute atomic E-state index is 11.7. The zero-order valence-electron chi connectivity index (χ0n) is 10.1. The van der Waals surface area contributed by atoms with Crippen LogP contribution in [0.25, 0.3) is 0 Å². The van der Waals surface area contributed by atoms with Crippen LogP contribution in [0.2, 0.25) is 0 Å². The molecule has 18 heavy (non-hydrogen) atoms. The van der Waals surface area contributed by atoms with Gasteiger partial charge >= 0.3 is 5.97 Å². The van der Waals surface area contributed by atoms with Gasteiger partial charge in [0.15, 0.2) is 11.5 Å². The second-order valence-corrected chi connectivity index (χ2v) is 3.22. The molecule has 0 atom stereocenters. The molecular weight excluding hydrogens is 240 g/mol. The second-order valence-electron chi connectivity index (χ2n) is 3.22. The number of aromatic nitrogens is 2. The molecule has 0 spiro atoms. The number of nitrogens with one attached hydrogen (secondary N) is 2. The Labute approximate surface area is 103 Å². The number of hydrogen-bond donors (Lipinski definition) is 2. The largest absolute Gasteiger partial charge is 0.465 e. The van der Waals surface area contributed by atoms with Crippen LogP contribution in [0.3, 0.4) is 0 Å². The quantitative estimate of drug-likeness (QED) is 0.520. The molecule has 1 rings (SSSR count). The summed E-state index contributed by atoms with van der Waals surface area (Å²) in [6.45, 7) is 1.79. The van der Waals surface area contributed by atoms with Crippen LogP contribution in [-0.2, 0) is 20.9 Å². The van der Waals surface area contributed by atoms with E-state index in [1.165, 1.54) is 17.9 Å². The summed E-state index contributed by atoms with van der Waals surface area (Å²) >= 11 is 0. The van der Waals surface area contributed by atoms with E-state index in [9.17, 15) is 14.4 Å². The fraction of sp³-hybridized carbons (Fsp3) is 0.400. The van der Waals surface area contributed by atoms with Crippen LogP contribution in [-0.4, -0.2) is 41.5 Å². The zero-order valence-corrected chi connectivity index (χ0v) is 10.1. The minimum atomic E-state index is -0.488. The third-order valence-corrected chi connectivity index (χ3v) is 2.08. The molecule has 8 heteroatoms. The first-order chi connectivity index (χ1) is 8.63. The monoisotopic (exact) mass is 254 g/mol. The Kier molecular flexibility index (Phi) is 4.85. The van der Waals surface area contributed by atoms with E-state index >= 15 is 0 Å². The molecular formula is C10H14N4O4. The summed E-state index contributed by atoms with van der Waals surface area (Å²) in [4.78, 5) is 37.2. The number of nitrogens with zero attached hydrogens (tertiary/aromatic N) is 2. The lowest BCUT2D eigenvalue weighted by molar-refractivity contribution is -0.143. The lowest BCUT2D eigenvalue weighted by Crippen LogP contribution is -2.25. The minimum absolute atomic E-state index is 0.0913. The van der Waals surface area contributed by atoms with E-state index in [0.29, 0.717) is 6.41 Å². The summed E-state index contributed by atoms with van der Waals surface area (Å²) in [6.07, 6.45) is 1.69. The molecule has 0 radical (unpaired) electrons. The molecule has 1 heterocycles. The van der Waals surface area contributed by atoms with E-state index in [1.807, 2.05) is 0 Å². The SMILES string of the molecule is CCOC(=O)Cn1cnc(NC=O)c1C(=O)NC. The van der Waals surface area contributed by atoms with Gasteiger partial charge in [0.25, 0.3) is 5.91 Å². The third kappa shape index (κ3) is 3.06. The van der Waals surface area contributed by atoms with E-state index in [1.54, 1.807) is 6.92 Å². The van der Waals surface area contributed by atoms with Crippen molar-refractivity contribution in [2.75, 3.05) is 19.0 Å². The van der Waals surface area contributed by atoms with E-state index in [0.717, 1.165) is 0 Å². The Bertz CT molecular complexity index is 455. The Morgan fingerprint density at radius 2 is 2.28 bits per heavy atom. The lowest BCUT2D eigenvalue weighted by Gasteiger charge is -2.07. The van der Waals surface area contributed by atoms with Gasteiger partial charge in [-0.3, -0.25) is 14.4 Å². The molecule has 0 saturated carbocycles. The van der Waals surface area contributed by atoms with Crippen molar-refractivity contribution in [1.82, 2.24) is 14.9 Å². The number of anilines is 1. The van der Waals surface area contributed by atoms with Crippen LogP contribution < -0.4 is 10.6 Å². The maximum Gasteiger partial charge on any atom is 0.326 e. The summed E-state index contributed by atoms with van der Waals surface area (Å²) in [5.74, 6) is -0.854. The fourth-order valence-electron chi connectivity index (χ4n) is 1.37. The van der Waals surface area contributed by atoms with Crippen LogP contribution >= 0.6 is 0 Å². The number of carbonyl (C=O) groups excluding carboxylic acids is 3. The van der Waals surface area contributed by atoms with Crippen molar-refractivity contribution in [3.63, 3.8) is 0 Å². The van der Waals surface area contributed by atoms with Crippen LogP contribution in [0.15, 0.2) is 6.33 Å². The summed E-state index contributed by atoms with van der Waals surface area (Å²) in [6, 6.07) is 0. The molecule has 0 aliphatic heterocycles. The van der Waals surface area contributed by atoms with Crippen molar-refractivity contribution >= 4 is 24.1 Å². The molecule has 0 aliphatic carbocycles. The predicted molar refractivity (Wildman–Crippen MR) is 61.9 cm³/mol.